The number of nitrogens with two attached hydrogens (primary N) is 1. The molecule has 0 spiro atoms. The average molecular weight is 349 g/mol. The number of nitrogens with zero attached hydrogens (tertiary/aromatic N) is 2. The van der Waals surface area contributed by atoms with E-state index in [1.165, 1.54) is 6.07 Å². The Morgan fingerprint density at radius 2 is 1.89 bits per heavy atom. The molecule has 0 radical (unpaired) electrons. The van der Waals surface area contributed by atoms with Crippen molar-refractivity contribution in [3.05, 3.63) is 22.7 Å². The molecule has 1 saturated heterocycles. The van der Waals surface area contributed by atoms with E-state index in [1.54, 1.807) is 17.1 Å². The number of piperazine rings is 1. The maximum absolute atomic E-state index is 12.3. The first-order valence-corrected chi connectivity index (χ1v) is 8.17. The molecular weight excluding hydrogens is 332 g/mol. The van der Waals surface area contributed by atoms with Gasteiger partial charge in [0.05, 0.1) is 4.90 Å². The largest absolute Gasteiger partial charge is 0.399 e. The molecule has 3 N–H and O–H groups in total. The molecular formula is C11H17BrN4O2S. The maximum Gasteiger partial charge on any atom is 0.254 e. The summed E-state index contributed by atoms with van der Waals surface area (Å²) in [4.78, 5) is 4.95. The molecule has 1 aromatic carbocycles. The second kappa shape index (κ2) is 5.76. The monoisotopic (exact) mass is 348 g/mol. The molecule has 0 atom stereocenters. The molecule has 1 fully saturated rings. The zero-order chi connectivity index (χ0) is 14.0. The molecule has 0 amide bonds. The topological polar surface area (TPSA) is 78.7 Å². The van der Waals surface area contributed by atoms with Gasteiger partial charge in [-0.3, -0.25) is 0 Å². The zero-order valence-corrected chi connectivity index (χ0v) is 13.0. The van der Waals surface area contributed by atoms with Gasteiger partial charge in [0, 0.05) is 36.3 Å². The summed E-state index contributed by atoms with van der Waals surface area (Å²) < 4.78 is 25.0. The van der Waals surface area contributed by atoms with E-state index in [-0.39, 0.29) is 4.90 Å². The van der Waals surface area contributed by atoms with E-state index in [4.69, 9.17) is 5.73 Å². The lowest BCUT2D eigenvalue weighted by molar-refractivity contribution is 0.135. The molecule has 6 nitrogen and oxygen atoms in total. The Morgan fingerprint density at radius 3 is 2.47 bits per heavy atom. The molecule has 19 heavy (non-hydrogen) atoms. The first-order valence-electron chi connectivity index (χ1n) is 5.89. The van der Waals surface area contributed by atoms with Gasteiger partial charge in [0.25, 0.3) is 10.0 Å². The summed E-state index contributed by atoms with van der Waals surface area (Å²) in [5, 5.41) is 1.72. The van der Waals surface area contributed by atoms with E-state index < -0.39 is 10.0 Å². The third kappa shape index (κ3) is 3.67. The lowest BCUT2D eigenvalue weighted by Crippen LogP contribution is -2.52. The molecule has 0 unspecified atom stereocenters. The summed E-state index contributed by atoms with van der Waals surface area (Å²) in [7, 11) is -1.55. The van der Waals surface area contributed by atoms with Crippen molar-refractivity contribution in [3.63, 3.8) is 0 Å². The standard InChI is InChI=1S/C11H17BrN4O2S/c1-15-4-6-16(7-5-15)14-19(17,18)11-3-2-9(13)8-10(11)12/h2-3,8,14H,4-7,13H2,1H3. The van der Waals surface area contributed by atoms with Crippen LogP contribution in [0.2, 0.25) is 0 Å². The van der Waals surface area contributed by atoms with E-state index >= 15 is 0 Å². The van der Waals surface area contributed by atoms with Gasteiger partial charge < -0.3 is 10.6 Å². The van der Waals surface area contributed by atoms with Crippen molar-refractivity contribution in [2.45, 2.75) is 4.90 Å². The average Bonchev–Trinajstić information content (AvgIpc) is 2.31. The number of nitrogens with one attached hydrogen (secondary N) is 1. The number of sulfonamides is 1. The molecule has 8 heteroatoms. The summed E-state index contributed by atoms with van der Waals surface area (Å²) in [5.41, 5.74) is 6.13. The predicted molar refractivity (Wildman–Crippen MR) is 77.9 cm³/mol. The van der Waals surface area contributed by atoms with Crippen LogP contribution < -0.4 is 10.6 Å². The quantitative estimate of drug-likeness (QED) is 0.776. The van der Waals surface area contributed by atoms with E-state index in [0.29, 0.717) is 23.2 Å². The van der Waals surface area contributed by atoms with E-state index in [1.807, 2.05) is 7.05 Å². The van der Waals surface area contributed by atoms with Gasteiger partial charge in [-0.15, -0.1) is 4.83 Å². The number of hydrogen-bond donors (Lipinski definition) is 2. The van der Waals surface area contributed by atoms with E-state index in [0.717, 1.165) is 13.1 Å². The SMILES string of the molecule is CN1CCN(NS(=O)(=O)c2ccc(N)cc2Br)CC1. The fourth-order valence-corrected chi connectivity index (χ4v) is 4.07. The number of rotatable bonds is 3. The normalized spacial score (nSPS) is 18.6. The van der Waals surface area contributed by atoms with Crippen molar-refractivity contribution >= 4 is 31.6 Å². The fourth-order valence-electron chi connectivity index (χ4n) is 1.85. The summed E-state index contributed by atoms with van der Waals surface area (Å²) in [5.74, 6) is 0. The van der Waals surface area contributed by atoms with Crippen LogP contribution in [0, 0.1) is 0 Å². The van der Waals surface area contributed by atoms with Crippen molar-refractivity contribution in [1.82, 2.24) is 14.7 Å². The molecule has 0 aliphatic carbocycles. The number of benzene rings is 1. The Hall–Kier alpha value is -0.670. The number of halogens is 1. The minimum atomic E-state index is -3.57. The van der Waals surface area contributed by atoms with Crippen LogP contribution in [-0.4, -0.2) is 51.6 Å². The lowest BCUT2D eigenvalue weighted by atomic mass is 10.3. The molecule has 106 valence electrons. The molecule has 1 aliphatic heterocycles. The maximum atomic E-state index is 12.3. The predicted octanol–water partition coefficient (Wildman–Crippen LogP) is 0.472. The Balaban J connectivity index is 2.14. The van der Waals surface area contributed by atoms with Crippen LogP contribution >= 0.6 is 15.9 Å². The second-order valence-electron chi connectivity index (χ2n) is 4.57. The Labute approximate surface area is 121 Å². The van der Waals surface area contributed by atoms with Gasteiger partial charge in [-0.2, -0.15) is 0 Å². The van der Waals surface area contributed by atoms with Crippen LogP contribution in [0.15, 0.2) is 27.6 Å². The van der Waals surface area contributed by atoms with Crippen LogP contribution in [0.5, 0.6) is 0 Å². The summed E-state index contributed by atoms with van der Waals surface area (Å²) in [6.45, 7) is 3.02. The number of anilines is 1. The van der Waals surface area contributed by atoms with Crippen molar-refractivity contribution in [1.29, 1.82) is 0 Å². The number of hydrogen-bond acceptors (Lipinski definition) is 5. The first-order chi connectivity index (χ1) is 8.88. The van der Waals surface area contributed by atoms with Crippen LogP contribution in [0.25, 0.3) is 0 Å². The third-order valence-electron chi connectivity index (χ3n) is 3.00. The number of likely N-dealkylation sites (N-methyl/N-ethyl adjacent to an activating group) is 1. The number of hydrazine groups is 1. The highest BCUT2D eigenvalue weighted by Gasteiger charge is 2.23. The van der Waals surface area contributed by atoms with Gasteiger partial charge in [0.1, 0.15) is 0 Å². The van der Waals surface area contributed by atoms with E-state index in [2.05, 4.69) is 25.7 Å². The minimum absolute atomic E-state index is 0.195. The Bertz CT molecular complexity index is 556. The summed E-state index contributed by atoms with van der Waals surface area (Å²) in [6, 6.07) is 4.65. The third-order valence-corrected chi connectivity index (χ3v) is 5.35. The van der Waals surface area contributed by atoms with Gasteiger partial charge in [-0.25, -0.2) is 13.4 Å². The van der Waals surface area contributed by atoms with Gasteiger partial charge in [-0.05, 0) is 41.2 Å². The highest BCUT2D eigenvalue weighted by molar-refractivity contribution is 9.10. The van der Waals surface area contributed by atoms with Crippen LogP contribution in [0.4, 0.5) is 5.69 Å². The van der Waals surface area contributed by atoms with Gasteiger partial charge >= 0.3 is 0 Å². The van der Waals surface area contributed by atoms with E-state index in [9.17, 15) is 8.42 Å². The lowest BCUT2D eigenvalue weighted by Gasteiger charge is -2.32. The van der Waals surface area contributed by atoms with Crippen LogP contribution in [0.1, 0.15) is 0 Å². The highest BCUT2D eigenvalue weighted by atomic mass is 79.9. The molecule has 1 heterocycles. The molecule has 0 saturated carbocycles. The number of nitrogen functional groups attached to an aromatic ring is 1. The van der Waals surface area contributed by atoms with Gasteiger partial charge in [-0.1, -0.05) is 0 Å². The van der Waals surface area contributed by atoms with Gasteiger partial charge in [0.15, 0.2) is 0 Å². The molecule has 0 aromatic heterocycles. The van der Waals surface area contributed by atoms with Gasteiger partial charge in [0.2, 0.25) is 0 Å². The fraction of sp³-hybridized carbons (Fsp3) is 0.455. The van der Waals surface area contributed by atoms with Crippen molar-refractivity contribution in [2.24, 2.45) is 0 Å². The highest BCUT2D eigenvalue weighted by Crippen LogP contribution is 2.24. The summed E-state index contributed by atoms with van der Waals surface area (Å²) in [6.07, 6.45) is 0. The smallest absolute Gasteiger partial charge is 0.254 e. The molecule has 0 bridgehead atoms. The molecule has 1 aliphatic rings. The second-order valence-corrected chi connectivity index (χ2v) is 7.06. The Kier molecular flexibility index (Phi) is 4.46. The van der Waals surface area contributed by atoms with Crippen molar-refractivity contribution in [3.8, 4) is 0 Å². The van der Waals surface area contributed by atoms with Crippen molar-refractivity contribution < 1.29 is 8.42 Å². The zero-order valence-electron chi connectivity index (χ0n) is 10.6. The Morgan fingerprint density at radius 1 is 1.26 bits per heavy atom. The van der Waals surface area contributed by atoms with Crippen LogP contribution in [-0.2, 0) is 10.0 Å². The first kappa shape index (κ1) is 14.7. The summed E-state index contributed by atoms with van der Waals surface area (Å²) >= 11 is 3.23. The minimum Gasteiger partial charge on any atom is -0.399 e. The molecule has 1 aromatic rings. The molecule has 2 rings (SSSR count). The van der Waals surface area contributed by atoms with Crippen molar-refractivity contribution in [2.75, 3.05) is 39.0 Å². The van der Waals surface area contributed by atoms with Crippen LogP contribution in [0.3, 0.4) is 0 Å².